The number of nitrogens with zero attached hydrogens (tertiary/aromatic N) is 1. The van der Waals surface area contributed by atoms with Crippen molar-refractivity contribution in [3.05, 3.63) is 70.7 Å². The number of ketones is 1. The minimum Gasteiger partial charge on any atom is -0.512 e. The molecule has 1 N–H and O–H groups in total. The third kappa shape index (κ3) is 5.72. The SMILES string of the molecule is CCON=CCCC1=C(O)CC(c2cccc(Sc3ccc(C)cc3F)c2)CC1=O. The molecule has 3 rings (SSSR count). The lowest BCUT2D eigenvalue weighted by atomic mass is 9.81. The van der Waals surface area contributed by atoms with Gasteiger partial charge in [0, 0.05) is 34.4 Å². The topological polar surface area (TPSA) is 58.9 Å². The zero-order chi connectivity index (χ0) is 21.5. The highest BCUT2D eigenvalue weighted by atomic mass is 32.2. The Morgan fingerprint density at radius 2 is 2.10 bits per heavy atom. The first-order valence-electron chi connectivity index (χ1n) is 10.1. The molecule has 158 valence electrons. The molecule has 1 atom stereocenters. The van der Waals surface area contributed by atoms with Gasteiger partial charge in [-0.25, -0.2) is 4.39 Å². The van der Waals surface area contributed by atoms with Crippen LogP contribution in [0.2, 0.25) is 0 Å². The fourth-order valence-corrected chi connectivity index (χ4v) is 4.38. The van der Waals surface area contributed by atoms with E-state index in [4.69, 9.17) is 4.84 Å². The number of halogens is 1. The Morgan fingerprint density at radius 1 is 1.27 bits per heavy atom. The van der Waals surface area contributed by atoms with Crippen LogP contribution in [0.5, 0.6) is 0 Å². The average Bonchev–Trinajstić information content (AvgIpc) is 2.72. The molecule has 0 radical (unpaired) electrons. The Morgan fingerprint density at radius 3 is 2.83 bits per heavy atom. The third-order valence-electron chi connectivity index (χ3n) is 5.00. The Balaban J connectivity index is 1.69. The van der Waals surface area contributed by atoms with E-state index in [9.17, 15) is 14.3 Å². The number of rotatable bonds is 8. The summed E-state index contributed by atoms with van der Waals surface area (Å²) in [5, 5.41) is 14.2. The summed E-state index contributed by atoms with van der Waals surface area (Å²) in [5.74, 6) is -0.196. The lowest BCUT2D eigenvalue weighted by Gasteiger charge is -2.24. The maximum atomic E-state index is 14.2. The van der Waals surface area contributed by atoms with E-state index in [1.54, 1.807) is 12.3 Å². The minimum atomic E-state index is -0.239. The first kappa shape index (κ1) is 22.1. The van der Waals surface area contributed by atoms with E-state index in [0.29, 0.717) is 42.8 Å². The summed E-state index contributed by atoms with van der Waals surface area (Å²) < 4.78 is 14.2. The van der Waals surface area contributed by atoms with Crippen LogP contribution in [0.3, 0.4) is 0 Å². The highest BCUT2D eigenvalue weighted by Crippen LogP contribution is 2.37. The maximum absolute atomic E-state index is 14.2. The molecule has 2 aromatic carbocycles. The molecule has 0 amide bonds. The second-order valence-electron chi connectivity index (χ2n) is 7.31. The number of hydrogen-bond donors (Lipinski definition) is 1. The monoisotopic (exact) mass is 427 g/mol. The summed E-state index contributed by atoms with van der Waals surface area (Å²) in [6, 6.07) is 13.0. The number of allylic oxidation sites excluding steroid dienone is 2. The molecule has 30 heavy (non-hydrogen) atoms. The van der Waals surface area contributed by atoms with Crippen LogP contribution < -0.4 is 0 Å². The lowest BCUT2D eigenvalue weighted by molar-refractivity contribution is -0.116. The summed E-state index contributed by atoms with van der Waals surface area (Å²) >= 11 is 1.36. The van der Waals surface area contributed by atoms with E-state index >= 15 is 0 Å². The first-order valence-corrected chi connectivity index (χ1v) is 10.9. The molecule has 0 aromatic heterocycles. The molecule has 1 unspecified atom stereocenters. The largest absolute Gasteiger partial charge is 0.512 e. The van der Waals surface area contributed by atoms with Crippen molar-refractivity contribution in [1.29, 1.82) is 0 Å². The fraction of sp³-hybridized carbons (Fsp3) is 0.333. The molecular formula is C24H26FNO3S. The molecule has 4 nitrogen and oxygen atoms in total. The Bertz CT molecular complexity index is 971. The van der Waals surface area contributed by atoms with Gasteiger partial charge in [-0.15, -0.1) is 0 Å². The second-order valence-corrected chi connectivity index (χ2v) is 8.42. The summed E-state index contributed by atoms with van der Waals surface area (Å²) in [6.45, 7) is 4.21. The molecule has 0 heterocycles. The van der Waals surface area contributed by atoms with Crippen molar-refractivity contribution >= 4 is 23.8 Å². The second kappa shape index (κ2) is 10.4. The summed E-state index contributed by atoms with van der Waals surface area (Å²) in [7, 11) is 0. The number of carbonyl (C=O) groups excluding carboxylic acids is 1. The minimum absolute atomic E-state index is 0.0313. The van der Waals surface area contributed by atoms with Crippen molar-refractivity contribution in [3.63, 3.8) is 0 Å². The average molecular weight is 428 g/mol. The van der Waals surface area contributed by atoms with Gasteiger partial charge in [0.25, 0.3) is 0 Å². The number of oxime groups is 1. The molecule has 0 aliphatic heterocycles. The van der Waals surface area contributed by atoms with Crippen LogP contribution in [0.4, 0.5) is 4.39 Å². The van der Waals surface area contributed by atoms with Crippen molar-refractivity contribution in [1.82, 2.24) is 0 Å². The van der Waals surface area contributed by atoms with Gasteiger partial charge in [-0.3, -0.25) is 4.79 Å². The molecule has 2 aromatic rings. The first-order chi connectivity index (χ1) is 14.5. The predicted octanol–water partition coefficient (Wildman–Crippen LogP) is 6.35. The highest BCUT2D eigenvalue weighted by Gasteiger charge is 2.28. The number of aliphatic hydroxyl groups excluding tert-OH is 1. The Kier molecular flexibility index (Phi) is 7.69. The van der Waals surface area contributed by atoms with E-state index in [0.717, 1.165) is 16.0 Å². The normalized spacial score (nSPS) is 17.0. The van der Waals surface area contributed by atoms with Crippen LogP contribution in [0.1, 0.15) is 49.7 Å². The van der Waals surface area contributed by atoms with Gasteiger partial charge in [-0.05, 0) is 68.0 Å². The van der Waals surface area contributed by atoms with Gasteiger partial charge < -0.3 is 9.94 Å². The molecule has 6 heteroatoms. The fourth-order valence-electron chi connectivity index (χ4n) is 3.49. The van der Waals surface area contributed by atoms with Gasteiger partial charge in [-0.1, -0.05) is 35.1 Å². The van der Waals surface area contributed by atoms with Crippen molar-refractivity contribution in [2.45, 2.75) is 55.2 Å². The predicted molar refractivity (Wildman–Crippen MR) is 118 cm³/mol. The van der Waals surface area contributed by atoms with Crippen molar-refractivity contribution in [2.75, 3.05) is 6.61 Å². The van der Waals surface area contributed by atoms with Gasteiger partial charge in [0.05, 0.1) is 5.76 Å². The van der Waals surface area contributed by atoms with Gasteiger partial charge in [0.1, 0.15) is 12.4 Å². The van der Waals surface area contributed by atoms with Crippen molar-refractivity contribution < 1.29 is 19.1 Å². The maximum Gasteiger partial charge on any atom is 0.162 e. The highest BCUT2D eigenvalue weighted by molar-refractivity contribution is 7.99. The molecule has 0 saturated heterocycles. The Hall–Kier alpha value is -2.60. The number of aliphatic hydroxyl groups is 1. The zero-order valence-electron chi connectivity index (χ0n) is 17.2. The van der Waals surface area contributed by atoms with Crippen LogP contribution in [0.15, 0.2) is 68.7 Å². The molecule has 0 saturated carbocycles. The molecule has 0 spiro atoms. The quantitative estimate of drug-likeness (QED) is 0.394. The number of hydrogen-bond acceptors (Lipinski definition) is 5. The van der Waals surface area contributed by atoms with Crippen LogP contribution >= 0.6 is 11.8 Å². The summed E-state index contributed by atoms with van der Waals surface area (Å²) in [5.41, 5.74) is 2.35. The molecule has 1 aliphatic rings. The molecule has 0 fully saturated rings. The number of carbonyl (C=O) groups is 1. The van der Waals surface area contributed by atoms with E-state index in [-0.39, 0.29) is 23.3 Å². The van der Waals surface area contributed by atoms with E-state index in [1.165, 1.54) is 17.8 Å². The smallest absolute Gasteiger partial charge is 0.162 e. The summed E-state index contributed by atoms with van der Waals surface area (Å²) in [4.78, 5) is 19.0. The van der Waals surface area contributed by atoms with Crippen LogP contribution in [0.25, 0.3) is 0 Å². The Labute approximate surface area is 180 Å². The van der Waals surface area contributed by atoms with E-state index < -0.39 is 0 Å². The molecule has 0 bridgehead atoms. The van der Waals surface area contributed by atoms with Gasteiger partial charge in [0.2, 0.25) is 0 Å². The van der Waals surface area contributed by atoms with Crippen LogP contribution in [-0.2, 0) is 9.63 Å². The summed E-state index contributed by atoms with van der Waals surface area (Å²) in [6.07, 6.45) is 3.40. The lowest BCUT2D eigenvalue weighted by Crippen LogP contribution is -2.18. The van der Waals surface area contributed by atoms with Crippen molar-refractivity contribution in [2.24, 2.45) is 5.16 Å². The molecular weight excluding hydrogens is 401 g/mol. The standard InChI is InChI=1S/C24H26FNO3S/c1-3-29-26-11-5-8-20-22(27)14-18(15-23(20)28)17-6-4-7-19(13-17)30-24-10-9-16(2)12-21(24)25/h4,6-7,9-13,18,27H,3,5,8,14-15H2,1-2H3. The van der Waals surface area contributed by atoms with Gasteiger partial charge >= 0.3 is 0 Å². The zero-order valence-corrected chi connectivity index (χ0v) is 18.0. The number of benzene rings is 2. The van der Waals surface area contributed by atoms with Gasteiger partial charge in [-0.2, -0.15) is 0 Å². The van der Waals surface area contributed by atoms with E-state index in [1.807, 2.05) is 44.2 Å². The number of aryl methyl sites for hydroxylation is 1. The van der Waals surface area contributed by atoms with Crippen molar-refractivity contribution in [3.8, 4) is 0 Å². The number of Topliss-reactive ketones (excluding diaryl/α,β-unsaturated/α-hetero) is 1. The van der Waals surface area contributed by atoms with Gasteiger partial charge in [0.15, 0.2) is 5.78 Å². The third-order valence-corrected chi connectivity index (χ3v) is 6.04. The van der Waals surface area contributed by atoms with Crippen LogP contribution in [0, 0.1) is 12.7 Å². The van der Waals surface area contributed by atoms with Crippen LogP contribution in [-0.4, -0.2) is 23.7 Å². The van der Waals surface area contributed by atoms with E-state index in [2.05, 4.69) is 5.16 Å². The molecule has 1 aliphatic carbocycles.